The molecule has 0 aromatic carbocycles. The van der Waals surface area contributed by atoms with Crippen molar-refractivity contribution in [1.29, 1.82) is 0 Å². The number of aliphatic hydroxyl groups excluding tert-OH is 1. The predicted octanol–water partition coefficient (Wildman–Crippen LogP) is 1.03. The highest BCUT2D eigenvalue weighted by Crippen LogP contribution is 2.31. The number of nitrogens with zero attached hydrogens (tertiary/aromatic N) is 1. The van der Waals surface area contributed by atoms with E-state index in [1.54, 1.807) is 0 Å². The maximum atomic E-state index is 11.6. The first-order valence-corrected chi connectivity index (χ1v) is 6.63. The second-order valence-electron chi connectivity index (χ2n) is 5.48. The number of esters is 1. The number of methoxy groups -OCH3 is 1. The van der Waals surface area contributed by atoms with Gasteiger partial charge in [0.15, 0.2) is 0 Å². The topological polar surface area (TPSA) is 49.8 Å². The number of likely N-dealkylation sites (tertiary alicyclic amines) is 1. The average Bonchev–Trinajstić information content (AvgIpc) is 2.71. The van der Waals surface area contributed by atoms with Crippen LogP contribution in [-0.4, -0.2) is 48.3 Å². The molecular weight excluding hydrogens is 218 g/mol. The van der Waals surface area contributed by atoms with Crippen LogP contribution < -0.4 is 0 Å². The van der Waals surface area contributed by atoms with Gasteiger partial charge in [0.05, 0.1) is 19.1 Å². The molecule has 1 aliphatic carbocycles. The van der Waals surface area contributed by atoms with Gasteiger partial charge in [0.1, 0.15) is 0 Å². The minimum absolute atomic E-state index is 0.0193. The molecule has 0 aromatic rings. The molecule has 0 aromatic heterocycles. The summed E-state index contributed by atoms with van der Waals surface area (Å²) in [7, 11) is 1.45. The molecule has 4 atom stereocenters. The molecule has 0 bridgehead atoms. The largest absolute Gasteiger partial charge is 0.469 e. The Hall–Kier alpha value is -0.610. The highest BCUT2D eigenvalue weighted by Gasteiger charge is 2.40. The fourth-order valence-electron chi connectivity index (χ4n) is 3.25. The first-order chi connectivity index (χ1) is 8.13. The molecule has 2 aliphatic rings. The van der Waals surface area contributed by atoms with Crippen LogP contribution in [0.3, 0.4) is 0 Å². The Morgan fingerprint density at radius 2 is 2.00 bits per heavy atom. The first-order valence-electron chi connectivity index (χ1n) is 6.63. The summed E-state index contributed by atoms with van der Waals surface area (Å²) in [5.41, 5.74) is 0. The molecule has 98 valence electrons. The lowest BCUT2D eigenvalue weighted by molar-refractivity contribution is -0.146. The van der Waals surface area contributed by atoms with E-state index in [1.807, 2.05) is 0 Å². The molecule has 2 fully saturated rings. The van der Waals surface area contributed by atoms with Crippen molar-refractivity contribution >= 4 is 5.97 Å². The van der Waals surface area contributed by atoms with Gasteiger partial charge in [-0.15, -0.1) is 0 Å². The molecule has 1 saturated heterocycles. The average molecular weight is 241 g/mol. The van der Waals surface area contributed by atoms with Gasteiger partial charge < -0.3 is 9.84 Å². The summed E-state index contributed by atoms with van der Waals surface area (Å²) < 4.78 is 4.84. The third-order valence-corrected chi connectivity index (χ3v) is 4.31. The van der Waals surface area contributed by atoms with E-state index in [-0.39, 0.29) is 24.0 Å². The Morgan fingerprint density at radius 3 is 2.65 bits per heavy atom. The van der Waals surface area contributed by atoms with Crippen molar-refractivity contribution in [2.45, 2.75) is 44.8 Å². The second-order valence-corrected chi connectivity index (χ2v) is 5.48. The summed E-state index contributed by atoms with van der Waals surface area (Å²) in [4.78, 5) is 13.9. The van der Waals surface area contributed by atoms with Gasteiger partial charge in [0, 0.05) is 19.1 Å². The quantitative estimate of drug-likeness (QED) is 0.734. The normalized spacial score (nSPS) is 39.2. The Kier molecular flexibility index (Phi) is 4.05. The molecule has 1 heterocycles. The van der Waals surface area contributed by atoms with Crippen molar-refractivity contribution in [3.05, 3.63) is 0 Å². The number of carbonyl (C=O) groups excluding carboxylic acids is 1. The van der Waals surface area contributed by atoms with Gasteiger partial charge in [-0.2, -0.15) is 0 Å². The molecule has 17 heavy (non-hydrogen) atoms. The lowest BCUT2D eigenvalue weighted by Crippen LogP contribution is -2.44. The summed E-state index contributed by atoms with van der Waals surface area (Å²) in [5.74, 6) is 0.205. The zero-order valence-electron chi connectivity index (χ0n) is 10.8. The lowest BCUT2D eigenvalue weighted by atomic mass is 9.91. The van der Waals surface area contributed by atoms with Crippen molar-refractivity contribution in [1.82, 2.24) is 4.90 Å². The highest BCUT2D eigenvalue weighted by molar-refractivity contribution is 5.73. The van der Waals surface area contributed by atoms with E-state index >= 15 is 0 Å². The molecule has 4 nitrogen and oxygen atoms in total. The van der Waals surface area contributed by atoms with Gasteiger partial charge in [-0.05, 0) is 18.8 Å². The van der Waals surface area contributed by atoms with Crippen molar-refractivity contribution in [3.63, 3.8) is 0 Å². The van der Waals surface area contributed by atoms with E-state index < -0.39 is 0 Å². The summed E-state index contributed by atoms with van der Waals surface area (Å²) in [6.45, 7) is 3.74. The Bertz CT molecular complexity index is 282. The molecule has 1 saturated carbocycles. The standard InChI is InChI=1S/C13H23NO3/c1-9-7-14(8-10(9)13(16)17-2)11-5-3-4-6-12(11)15/h9-12,15H,3-8H2,1-2H3. The van der Waals surface area contributed by atoms with Gasteiger partial charge in [-0.3, -0.25) is 9.69 Å². The molecule has 1 N–H and O–H groups in total. The SMILES string of the molecule is COC(=O)C1CN(C2CCCCC2O)CC1C. The van der Waals surface area contributed by atoms with Gasteiger partial charge in [0.2, 0.25) is 0 Å². The van der Waals surface area contributed by atoms with Gasteiger partial charge in [-0.1, -0.05) is 19.8 Å². The number of aliphatic hydroxyl groups is 1. The van der Waals surface area contributed by atoms with Gasteiger partial charge >= 0.3 is 5.97 Å². The molecule has 4 heteroatoms. The summed E-state index contributed by atoms with van der Waals surface area (Å²) in [6, 6.07) is 0.251. The van der Waals surface area contributed by atoms with Crippen LogP contribution >= 0.6 is 0 Å². The van der Waals surface area contributed by atoms with Crippen LogP contribution in [0.2, 0.25) is 0 Å². The van der Waals surface area contributed by atoms with E-state index in [1.165, 1.54) is 13.5 Å². The molecule has 1 aliphatic heterocycles. The van der Waals surface area contributed by atoms with Crippen LogP contribution in [0.25, 0.3) is 0 Å². The Balaban J connectivity index is 1.97. The summed E-state index contributed by atoms with van der Waals surface area (Å²) in [5, 5.41) is 10.0. The van der Waals surface area contributed by atoms with E-state index in [0.717, 1.165) is 32.4 Å². The monoisotopic (exact) mass is 241 g/mol. The molecule has 0 radical (unpaired) electrons. The number of hydrogen-bond acceptors (Lipinski definition) is 4. The molecule has 4 unspecified atom stereocenters. The Labute approximate surface area is 103 Å². The van der Waals surface area contributed by atoms with E-state index in [9.17, 15) is 9.90 Å². The predicted molar refractivity (Wildman–Crippen MR) is 64.5 cm³/mol. The van der Waals surface area contributed by atoms with Crippen molar-refractivity contribution in [2.24, 2.45) is 11.8 Å². The highest BCUT2D eigenvalue weighted by atomic mass is 16.5. The van der Waals surface area contributed by atoms with Crippen LogP contribution in [-0.2, 0) is 9.53 Å². The number of carbonyl (C=O) groups is 1. The number of ether oxygens (including phenoxy) is 1. The van der Waals surface area contributed by atoms with Crippen molar-refractivity contribution < 1.29 is 14.6 Å². The third-order valence-electron chi connectivity index (χ3n) is 4.31. The molecular formula is C13H23NO3. The minimum Gasteiger partial charge on any atom is -0.469 e. The van der Waals surface area contributed by atoms with E-state index in [4.69, 9.17) is 4.74 Å². The van der Waals surface area contributed by atoms with E-state index in [0.29, 0.717) is 5.92 Å². The van der Waals surface area contributed by atoms with Crippen LogP contribution in [0.15, 0.2) is 0 Å². The van der Waals surface area contributed by atoms with Gasteiger partial charge in [0.25, 0.3) is 0 Å². The van der Waals surface area contributed by atoms with Gasteiger partial charge in [-0.25, -0.2) is 0 Å². The summed E-state index contributed by atoms with van der Waals surface area (Å²) >= 11 is 0. The Morgan fingerprint density at radius 1 is 1.29 bits per heavy atom. The van der Waals surface area contributed by atoms with Crippen molar-refractivity contribution in [2.75, 3.05) is 20.2 Å². The number of rotatable bonds is 2. The lowest BCUT2D eigenvalue weighted by Gasteiger charge is -2.35. The maximum Gasteiger partial charge on any atom is 0.310 e. The zero-order valence-corrected chi connectivity index (χ0v) is 10.8. The molecule has 2 rings (SSSR count). The number of hydrogen-bond donors (Lipinski definition) is 1. The first kappa shape index (κ1) is 12.8. The smallest absolute Gasteiger partial charge is 0.310 e. The van der Waals surface area contributed by atoms with Crippen LogP contribution in [0, 0.1) is 11.8 Å². The van der Waals surface area contributed by atoms with Crippen LogP contribution in [0.4, 0.5) is 0 Å². The fourth-order valence-corrected chi connectivity index (χ4v) is 3.25. The maximum absolute atomic E-state index is 11.6. The second kappa shape index (κ2) is 5.36. The zero-order chi connectivity index (χ0) is 12.4. The molecule has 0 amide bonds. The van der Waals surface area contributed by atoms with E-state index in [2.05, 4.69) is 11.8 Å². The summed E-state index contributed by atoms with van der Waals surface area (Å²) in [6.07, 6.45) is 4.06. The minimum atomic E-state index is -0.215. The van der Waals surface area contributed by atoms with Crippen LogP contribution in [0.5, 0.6) is 0 Å². The van der Waals surface area contributed by atoms with Crippen molar-refractivity contribution in [3.8, 4) is 0 Å². The molecule has 0 spiro atoms. The van der Waals surface area contributed by atoms with Crippen LogP contribution in [0.1, 0.15) is 32.6 Å². The third kappa shape index (κ3) is 2.63. The fraction of sp³-hybridized carbons (Fsp3) is 0.923.